The Labute approximate surface area is 184 Å². The van der Waals surface area contributed by atoms with Crippen molar-refractivity contribution in [2.75, 3.05) is 10.7 Å². The lowest BCUT2D eigenvalue weighted by Gasteiger charge is -2.16. The maximum atomic E-state index is 13.0. The summed E-state index contributed by atoms with van der Waals surface area (Å²) >= 11 is 0. The number of carbonyl (C=O) groups excluding carboxylic acids is 1. The number of anilines is 2. The standard InChI is InChI=1S/C20H20F6N6O/c1-9(2)14-8-15(28-16-10(3)31-32(4)17(14)16)29-30-18(33)27-13-6-11(19(21,22)23)5-12(7-13)20(24,25)26/h5-9H,1-4H3,(H,28,29)(H2,27,30,33). The lowest BCUT2D eigenvalue weighted by Crippen LogP contribution is -2.34. The first-order chi connectivity index (χ1) is 15.2. The molecule has 0 atom stereocenters. The van der Waals surface area contributed by atoms with Crippen LogP contribution in [0.2, 0.25) is 0 Å². The van der Waals surface area contributed by atoms with Gasteiger partial charge in [0.1, 0.15) is 11.3 Å². The molecule has 3 N–H and O–H groups in total. The molecular formula is C20H20F6N6O. The molecule has 0 fully saturated rings. The van der Waals surface area contributed by atoms with Crippen LogP contribution in [0.15, 0.2) is 24.3 Å². The SMILES string of the molecule is Cc1nn(C)c2c(C(C)C)cc(NNC(=O)Nc3cc(C(F)(F)F)cc(C(F)(F)F)c3)nc12. The van der Waals surface area contributed by atoms with Crippen LogP contribution in [0.1, 0.15) is 42.1 Å². The highest BCUT2D eigenvalue weighted by molar-refractivity contribution is 5.90. The molecular weight excluding hydrogens is 454 g/mol. The van der Waals surface area contributed by atoms with Crippen molar-refractivity contribution in [2.45, 2.75) is 39.0 Å². The number of carbonyl (C=O) groups is 1. The number of amides is 2. The van der Waals surface area contributed by atoms with Crippen LogP contribution < -0.4 is 16.2 Å². The number of aromatic nitrogens is 3. The molecule has 2 amide bonds. The van der Waals surface area contributed by atoms with Gasteiger partial charge in [0.25, 0.3) is 0 Å². The molecule has 0 saturated heterocycles. The van der Waals surface area contributed by atoms with Gasteiger partial charge in [-0.05, 0) is 42.7 Å². The highest BCUT2D eigenvalue weighted by Crippen LogP contribution is 2.37. The van der Waals surface area contributed by atoms with E-state index in [0.29, 0.717) is 23.3 Å². The number of benzene rings is 1. The van der Waals surface area contributed by atoms with Crippen LogP contribution in [-0.2, 0) is 19.4 Å². The van der Waals surface area contributed by atoms with E-state index < -0.39 is 35.2 Å². The fourth-order valence-corrected chi connectivity index (χ4v) is 3.29. The van der Waals surface area contributed by atoms with Gasteiger partial charge in [0, 0.05) is 12.7 Å². The van der Waals surface area contributed by atoms with Crippen molar-refractivity contribution in [3.63, 3.8) is 0 Å². The molecule has 3 rings (SSSR count). The molecule has 0 saturated carbocycles. The Morgan fingerprint density at radius 3 is 2.09 bits per heavy atom. The number of alkyl halides is 6. The van der Waals surface area contributed by atoms with Gasteiger partial charge in [-0.25, -0.2) is 9.78 Å². The summed E-state index contributed by atoms with van der Waals surface area (Å²) in [7, 11) is 1.77. The largest absolute Gasteiger partial charge is 0.416 e. The van der Waals surface area contributed by atoms with E-state index >= 15 is 0 Å². The monoisotopic (exact) mass is 474 g/mol. The number of pyridine rings is 1. The average Bonchev–Trinajstić information content (AvgIpc) is 2.98. The molecule has 33 heavy (non-hydrogen) atoms. The van der Waals surface area contributed by atoms with Gasteiger partial charge in [-0.2, -0.15) is 31.4 Å². The molecule has 0 unspecified atom stereocenters. The van der Waals surface area contributed by atoms with Crippen LogP contribution in [-0.4, -0.2) is 20.8 Å². The zero-order valence-corrected chi connectivity index (χ0v) is 17.9. The van der Waals surface area contributed by atoms with Gasteiger partial charge in [-0.3, -0.25) is 15.5 Å². The second kappa shape index (κ2) is 8.45. The van der Waals surface area contributed by atoms with Gasteiger partial charge >= 0.3 is 18.4 Å². The molecule has 13 heteroatoms. The minimum atomic E-state index is -5.03. The Balaban J connectivity index is 1.82. The lowest BCUT2D eigenvalue weighted by atomic mass is 10.0. The third kappa shape index (κ3) is 5.29. The van der Waals surface area contributed by atoms with Crippen LogP contribution in [0, 0.1) is 6.92 Å². The van der Waals surface area contributed by atoms with Crippen molar-refractivity contribution < 1.29 is 31.1 Å². The molecule has 0 aliphatic rings. The third-order valence-corrected chi connectivity index (χ3v) is 4.76. The highest BCUT2D eigenvalue weighted by Gasteiger charge is 2.37. The fourth-order valence-electron chi connectivity index (χ4n) is 3.29. The number of nitrogens with zero attached hydrogens (tertiary/aromatic N) is 3. The molecule has 0 spiro atoms. The number of aryl methyl sites for hydroxylation is 2. The Morgan fingerprint density at radius 1 is 1.00 bits per heavy atom. The smallest absolute Gasteiger partial charge is 0.307 e. The van der Waals surface area contributed by atoms with E-state index in [9.17, 15) is 31.1 Å². The van der Waals surface area contributed by atoms with Gasteiger partial charge in [-0.15, -0.1) is 0 Å². The lowest BCUT2D eigenvalue weighted by molar-refractivity contribution is -0.143. The predicted octanol–water partition coefficient (Wildman–Crippen LogP) is 5.59. The number of urea groups is 1. The number of rotatable bonds is 4. The third-order valence-electron chi connectivity index (χ3n) is 4.76. The topological polar surface area (TPSA) is 83.9 Å². The van der Waals surface area contributed by atoms with E-state index in [4.69, 9.17) is 0 Å². The van der Waals surface area contributed by atoms with E-state index in [0.717, 1.165) is 11.1 Å². The molecule has 0 aliphatic carbocycles. The summed E-state index contributed by atoms with van der Waals surface area (Å²) in [6.45, 7) is 5.66. The van der Waals surface area contributed by atoms with E-state index in [1.54, 1.807) is 24.7 Å². The van der Waals surface area contributed by atoms with Gasteiger partial charge in [-0.1, -0.05) is 13.8 Å². The summed E-state index contributed by atoms with van der Waals surface area (Å²) < 4.78 is 79.6. The van der Waals surface area contributed by atoms with Crippen LogP contribution in [0.3, 0.4) is 0 Å². The minimum absolute atomic E-state index is 0.0237. The number of hydrazine groups is 1. The molecule has 0 radical (unpaired) electrons. The van der Waals surface area contributed by atoms with Crippen LogP contribution in [0.5, 0.6) is 0 Å². The first kappa shape index (κ1) is 24.1. The van der Waals surface area contributed by atoms with Gasteiger partial charge < -0.3 is 5.32 Å². The zero-order valence-electron chi connectivity index (χ0n) is 17.9. The first-order valence-electron chi connectivity index (χ1n) is 9.63. The minimum Gasteiger partial charge on any atom is -0.307 e. The number of halogens is 6. The maximum Gasteiger partial charge on any atom is 0.416 e. The van der Waals surface area contributed by atoms with Gasteiger partial charge in [0.15, 0.2) is 0 Å². The zero-order chi connectivity index (χ0) is 24.7. The second-order valence-corrected chi connectivity index (χ2v) is 7.66. The van der Waals surface area contributed by atoms with Crippen LogP contribution >= 0.6 is 0 Å². The second-order valence-electron chi connectivity index (χ2n) is 7.66. The number of nitrogens with one attached hydrogen (secondary N) is 3. The Morgan fingerprint density at radius 2 is 1.58 bits per heavy atom. The summed E-state index contributed by atoms with van der Waals surface area (Å²) in [6.07, 6.45) is -10.1. The number of fused-ring (bicyclic) bond motifs is 1. The van der Waals surface area contributed by atoms with E-state index in [-0.39, 0.29) is 17.8 Å². The van der Waals surface area contributed by atoms with E-state index in [2.05, 4.69) is 20.9 Å². The van der Waals surface area contributed by atoms with E-state index in [1.807, 2.05) is 19.2 Å². The van der Waals surface area contributed by atoms with Crippen LogP contribution in [0.25, 0.3) is 11.0 Å². The van der Waals surface area contributed by atoms with Crippen molar-refractivity contribution in [1.82, 2.24) is 20.2 Å². The fraction of sp³-hybridized carbons (Fsp3) is 0.350. The molecule has 0 aliphatic heterocycles. The molecule has 7 nitrogen and oxygen atoms in total. The average molecular weight is 474 g/mol. The highest BCUT2D eigenvalue weighted by atomic mass is 19.4. The number of hydrogen-bond acceptors (Lipinski definition) is 4. The molecule has 178 valence electrons. The Hall–Kier alpha value is -3.51. The Kier molecular flexibility index (Phi) is 6.18. The Bertz CT molecular complexity index is 1170. The molecule has 0 bridgehead atoms. The quantitative estimate of drug-likeness (QED) is 0.340. The summed E-state index contributed by atoms with van der Waals surface area (Å²) in [4.78, 5) is 16.5. The van der Waals surface area contributed by atoms with Gasteiger partial charge in [0.05, 0.1) is 22.3 Å². The summed E-state index contributed by atoms with van der Waals surface area (Å²) in [5.74, 6) is 0.294. The molecule has 1 aromatic carbocycles. The van der Waals surface area contributed by atoms with Crippen molar-refractivity contribution in [2.24, 2.45) is 7.05 Å². The molecule has 3 aromatic rings. The van der Waals surface area contributed by atoms with Gasteiger partial charge in [0.2, 0.25) is 0 Å². The van der Waals surface area contributed by atoms with Crippen molar-refractivity contribution in [3.8, 4) is 0 Å². The number of hydrogen-bond donors (Lipinski definition) is 3. The maximum absolute atomic E-state index is 13.0. The molecule has 2 aromatic heterocycles. The van der Waals surface area contributed by atoms with Crippen molar-refractivity contribution in [3.05, 3.63) is 46.6 Å². The van der Waals surface area contributed by atoms with E-state index in [1.165, 1.54) is 0 Å². The first-order valence-corrected chi connectivity index (χ1v) is 9.63. The predicted molar refractivity (Wildman–Crippen MR) is 110 cm³/mol. The van der Waals surface area contributed by atoms with Crippen LogP contribution in [0.4, 0.5) is 42.6 Å². The normalized spacial score (nSPS) is 12.3. The summed E-state index contributed by atoms with van der Waals surface area (Å²) in [6, 6.07) is 1.38. The summed E-state index contributed by atoms with van der Waals surface area (Å²) in [5, 5.41) is 6.29. The summed E-state index contributed by atoms with van der Waals surface area (Å²) in [5.41, 5.74) is 3.85. The molecule has 2 heterocycles. The van der Waals surface area contributed by atoms with Crippen molar-refractivity contribution >= 4 is 28.6 Å². The van der Waals surface area contributed by atoms with Crippen molar-refractivity contribution in [1.29, 1.82) is 0 Å².